The number of rotatable bonds is 10. The molecule has 2 aliphatic heterocycles. The number of aliphatic hydroxyl groups is 1. The van der Waals surface area contributed by atoms with E-state index < -0.39 is 46.5 Å². The Morgan fingerprint density at radius 1 is 1.34 bits per heavy atom. The molecule has 1 saturated carbocycles. The van der Waals surface area contributed by atoms with Crippen molar-refractivity contribution in [3.63, 3.8) is 0 Å². The Labute approximate surface area is 262 Å². The van der Waals surface area contributed by atoms with Gasteiger partial charge >= 0.3 is 11.9 Å². The van der Waals surface area contributed by atoms with Crippen LogP contribution in [-0.4, -0.2) is 70.3 Å². The number of nitrogens with one attached hydrogen (secondary N) is 1. The number of piperidine rings is 1. The topological polar surface area (TPSA) is 150 Å². The van der Waals surface area contributed by atoms with Crippen molar-refractivity contribution in [2.45, 2.75) is 101 Å². The number of nitrogens with zero attached hydrogens (tertiary/aromatic N) is 1. The quantitative estimate of drug-likeness (QED) is 0.256. The predicted octanol–water partition coefficient (Wildman–Crippen LogP) is 2.96. The number of amides is 1. The predicted molar refractivity (Wildman–Crippen MR) is 169 cm³/mol. The van der Waals surface area contributed by atoms with E-state index in [1.165, 1.54) is 12.8 Å². The third kappa shape index (κ3) is 5.64. The van der Waals surface area contributed by atoms with Gasteiger partial charge in [0.2, 0.25) is 5.91 Å². The molecular weight excluding hydrogens is 604 g/mol. The van der Waals surface area contributed by atoms with Crippen LogP contribution in [0, 0.1) is 19.0 Å². The molecule has 2 aliphatic carbocycles. The van der Waals surface area contributed by atoms with Crippen LogP contribution in [0.25, 0.3) is 0 Å². The highest BCUT2D eigenvalue weighted by atomic mass is 31.1. The molecule has 44 heavy (non-hydrogen) atoms. The molecule has 1 amide bonds. The summed E-state index contributed by atoms with van der Waals surface area (Å²) in [4.78, 5) is 40.2. The van der Waals surface area contributed by atoms with E-state index in [4.69, 9.17) is 25.9 Å². The van der Waals surface area contributed by atoms with Gasteiger partial charge in [0.1, 0.15) is 17.3 Å². The van der Waals surface area contributed by atoms with Crippen molar-refractivity contribution >= 4 is 35.6 Å². The van der Waals surface area contributed by atoms with E-state index in [1.54, 1.807) is 19.9 Å². The lowest BCUT2D eigenvalue weighted by Crippen LogP contribution is -2.72. The van der Waals surface area contributed by atoms with Gasteiger partial charge in [-0.15, -0.1) is 6.13 Å². The molecule has 0 radical (unpaired) electrons. The van der Waals surface area contributed by atoms with E-state index in [-0.39, 0.29) is 39.3 Å². The second-order valence-electron chi connectivity index (χ2n) is 13.0. The van der Waals surface area contributed by atoms with E-state index in [0.717, 1.165) is 24.2 Å². The molecule has 0 aromatic heterocycles. The van der Waals surface area contributed by atoms with Gasteiger partial charge in [-0.05, 0) is 83.5 Å². The molecule has 1 saturated heterocycles. The van der Waals surface area contributed by atoms with E-state index in [9.17, 15) is 19.5 Å². The SMILES string of the molecule is C#[PH]Oc1ccc(C)c2c1O[C@H]1C(OC(=O)C(C)(C)NC(=O)CCC(N)C(=O)OP)=CC[C@@]3(O)[C@@H](C)N(CC4CC4)CC[C@]213. The van der Waals surface area contributed by atoms with Crippen LogP contribution in [0.15, 0.2) is 24.0 Å². The summed E-state index contributed by atoms with van der Waals surface area (Å²) in [6.45, 7) is 8.84. The Bertz CT molecular complexity index is 1420. The smallest absolute Gasteiger partial charge is 0.336 e. The minimum absolute atomic E-state index is 0.0493. The minimum atomic E-state index is -1.42. The van der Waals surface area contributed by atoms with E-state index >= 15 is 0 Å². The Balaban J connectivity index is 1.43. The van der Waals surface area contributed by atoms with Crippen molar-refractivity contribution in [2.75, 3.05) is 13.1 Å². The molecule has 2 fully saturated rings. The molecule has 1 aromatic rings. The second-order valence-corrected chi connectivity index (χ2v) is 13.7. The maximum atomic E-state index is 13.6. The highest BCUT2D eigenvalue weighted by molar-refractivity contribution is 7.20. The summed E-state index contributed by atoms with van der Waals surface area (Å²) in [6.07, 6.45) is 9.93. The number of aryl methyl sites for hydroxylation is 1. The average molecular weight is 648 g/mol. The first-order valence-corrected chi connectivity index (χ1v) is 16.5. The van der Waals surface area contributed by atoms with Crippen LogP contribution in [0.4, 0.5) is 0 Å². The summed E-state index contributed by atoms with van der Waals surface area (Å²) in [6, 6.07) is 2.61. The lowest BCUT2D eigenvalue weighted by Gasteiger charge is -2.59. The lowest BCUT2D eigenvalue weighted by molar-refractivity contribution is -0.168. The molecule has 1 spiro atoms. The zero-order valence-electron chi connectivity index (χ0n) is 25.7. The molecular formula is C31H43N3O8P2. The second kappa shape index (κ2) is 12.3. The Kier molecular flexibility index (Phi) is 9.14. The molecule has 4 N–H and O–H groups in total. The highest BCUT2D eigenvalue weighted by Crippen LogP contribution is 2.63. The van der Waals surface area contributed by atoms with Gasteiger partial charge in [0.25, 0.3) is 0 Å². The van der Waals surface area contributed by atoms with Crippen molar-refractivity contribution in [1.82, 2.24) is 10.2 Å². The van der Waals surface area contributed by atoms with E-state index in [0.29, 0.717) is 23.8 Å². The standard InChI is InChI=1S/C31H43N3O8P2/c1-17-6-10-21(42-44-5)25-24(17)30-14-15-34(16-19-7-8-19)18(2)31(30,38)13-12-22(26(30)40-25)39-28(37)29(3,4)33-23(35)11-9-20(32)27(36)41-43/h5-6,10,12,18-20,26,38,44H,7-9,11,13-16,32,43H2,1-4H3,(H,33,35)/t18-,20?,26+,30+,31-/m1/s1. The Morgan fingerprint density at radius 2 is 2.07 bits per heavy atom. The fraction of sp³-hybridized carbons (Fsp3) is 0.613. The van der Waals surface area contributed by atoms with Gasteiger partial charge in [-0.25, -0.2) is 4.79 Å². The lowest BCUT2D eigenvalue weighted by atomic mass is 9.54. The van der Waals surface area contributed by atoms with Gasteiger partial charge in [-0.1, -0.05) is 6.07 Å². The molecule has 4 aliphatic rings. The Hall–Kier alpha value is -2.64. The summed E-state index contributed by atoms with van der Waals surface area (Å²) in [7, 11) is 1.52. The molecule has 1 aromatic carbocycles. The van der Waals surface area contributed by atoms with E-state index in [1.807, 2.05) is 28.5 Å². The summed E-state index contributed by atoms with van der Waals surface area (Å²) in [5, 5.41) is 15.4. The molecule has 240 valence electrons. The van der Waals surface area contributed by atoms with Gasteiger partial charge in [0.05, 0.1) is 28.7 Å². The van der Waals surface area contributed by atoms with Gasteiger partial charge in [0.15, 0.2) is 17.6 Å². The number of nitrogens with two attached hydrogens (primary N) is 1. The van der Waals surface area contributed by atoms with Crippen LogP contribution in [0.1, 0.15) is 70.4 Å². The van der Waals surface area contributed by atoms with Crippen LogP contribution in [0.3, 0.4) is 0 Å². The average Bonchev–Trinajstić information content (AvgIpc) is 3.73. The number of carbonyl (C=O) groups excluding carboxylic acids is 3. The fourth-order valence-electron chi connectivity index (χ4n) is 7.11. The van der Waals surface area contributed by atoms with Crippen molar-refractivity contribution in [3.05, 3.63) is 35.1 Å². The molecule has 0 bridgehead atoms. The highest BCUT2D eigenvalue weighted by Gasteiger charge is 2.69. The summed E-state index contributed by atoms with van der Waals surface area (Å²) < 4.78 is 23.0. The van der Waals surface area contributed by atoms with Crippen LogP contribution < -0.4 is 20.3 Å². The number of benzene rings is 1. The number of ether oxygens (including phenoxy) is 2. The maximum Gasteiger partial charge on any atom is 0.336 e. The summed E-state index contributed by atoms with van der Waals surface area (Å²) in [5.74, 6) is 0.116. The third-order valence-corrected chi connectivity index (χ3v) is 10.3. The van der Waals surface area contributed by atoms with Crippen LogP contribution in [0.2, 0.25) is 0 Å². The monoisotopic (exact) mass is 647 g/mol. The van der Waals surface area contributed by atoms with Crippen molar-refractivity contribution in [1.29, 1.82) is 0 Å². The summed E-state index contributed by atoms with van der Waals surface area (Å²) >= 11 is 0. The molecule has 3 unspecified atom stereocenters. The zero-order valence-corrected chi connectivity index (χ0v) is 27.8. The van der Waals surface area contributed by atoms with Gasteiger partial charge in [-0.3, -0.25) is 14.5 Å². The fourth-order valence-corrected chi connectivity index (χ4v) is 7.58. The number of hydrogen-bond donors (Lipinski definition) is 3. The molecule has 7 atom stereocenters. The number of carbonyl (C=O) groups is 3. The van der Waals surface area contributed by atoms with Gasteiger partial charge in [0, 0.05) is 31.0 Å². The van der Waals surface area contributed by atoms with Gasteiger partial charge < -0.3 is 34.7 Å². The van der Waals surface area contributed by atoms with Crippen molar-refractivity contribution in [3.8, 4) is 17.6 Å². The molecule has 2 heterocycles. The summed E-state index contributed by atoms with van der Waals surface area (Å²) in [5.41, 5.74) is 3.99. The van der Waals surface area contributed by atoms with E-state index in [2.05, 4.69) is 21.7 Å². The first-order valence-electron chi connectivity index (χ1n) is 15.1. The van der Waals surface area contributed by atoms with Crippen LogP contribution in [-0.2, 0) is 29.1 Å². The maximum absolute atomic E-state index is 13.6. The van der Waals surface area contributed by atoms with Crippen molar-refractivity contribution in [2.24, 2.45) is 11.7 Å². The van der Waals surface area contributed by atoms with Crippen LogP contribution >= 0.6 is 17.7 Å². The minimum Gasteiger partial charge on any atom is -0.477 e. The number of fused-ring (bicyclic) bond motifs is 1. The third-order valence-electron chi connectivity index (χ3n) is 9.77. The largest absolute Gasteiger partial charge is 0.477 e. The molecule has 5 rings (SSSR count). The van der Waals surface area contributed by atoms with Crippen LogP contribution in [0.5, 0.6) is 11.5 Å². The molecule has 11 nitrogen and oxygen atoms in total. The first-order chi connectivity index (χ1) is 20.8. The Morgan fingerprint density at radius 3 is 2.73 bits per heavy atom. The number of esters is 1. The van der Waals surface area contributed by atoms with Gasteiger partial charge in [-0.2, -0.15) is 0 Å². The number of hydrogen-bond acceptors (Lipinski definition) is 10. The molecule has 13 heteroatoms. The zero-order chi connectivity index (χ0) is 32.0. The first kappa shape index (κ1) is 32.7. The normalized spacial score (nSPS) is 28.5. The number of likely N-dealkylation sites (tertiary alicyclic amines) is 1. The van der Waals surface area contributed by atoms with Crippen molar-refractivity contribution < 1.29 is 38.0 Å².